The van der Waals surface area contributed by atoms with Crippen molar-refractivity contribution in [2.45, 2.75) is 51.7 Å². The minimum atomic E-state index is 0.737. The quantitative estimate of drug-likeness (QED) is 0.804. The highest BCUT2D eigenvalue weighted by molar-refractivity contribution is 4.94. The summed E-state index contributed by atoms with van der Waals surface area (Å²) in [6, 6.07) is 0.737. The first-order valence-corrected chi connectivity index (χ1v) is 7.68. The summed E-state index contributed by atoms with van der Waals surface area (Å²) in [7, 11) is 0. The van der Waals surface area contributed by atoms with E-state index in [2.05, 4.69) is 33.6 Å². The van der Waals surface area contributed by atoms with Gasteiger partial charge < -0.3 is 10.2 Å². The smallest absolute Gasteiger partial charge is 0.0964 e. The summed E-state index contributed by atoms with van der Waals surface area (Å²) < 4.78 is 1.99. The van der Waals surface area contributed by atoms with Crippen LogP contribution in [0.25, 0.3) is 0 Å². The van der Waals surface area contributed by atoms with Gasteiger partial charge in [-0.05, 0) is 31.7 Å². The number of likely N-dealkylation sites (tertiary alicyclic amines) is 1. The van der Waals surface area contributed by atoms with Gasteiger partial charge in [0.05, 0.1) is 12.2 Å². The number of hydrogen-bond donors (Lipinski definition) is 1. The molecule has 106 valence electrons. The van der Waals surface area contributed by atoms with E-state index in [0.717, 1.165) is 37.3 Å². The van der Waals surface area contributed by atoms with Crippen LogP contribution >= 0.6 is 0 Å². The Morgan fingerprint density at radius 3 is 2.95 bits per heavy atom. The molecule has 0 bridgehead atoms. The van der Waals surface area contributed by atoms with Crippen molar-refractivity contribution in [2.75, 3.05) is 19.6 Å². The maximum Gasteiger partial charge on any atom is 0.0964 e. The molecule has 19 heavy (non-hydrogen) atoms. The fraction of sp³-hybridized carbons (Fsp3) is 0.857. The van der Waals surface area contributed by atoms with Gasteiger partial charge in [0.25, 0.3) is 0 Å². The number of nitrogens with zero attached hydrogens (tertiary/aromatic N) is 4. The fourth-order valence-electron chi connectivity index (χ4n) is 2.76. The second kappa shape index (κ2) is 6.01. The van der Waals surface area contributed by atoms with Crippen LogP contribution in [-0.2, 0) is 13.1 Å². The van der Waals surface area contributed by atoms with Crippen LogP contribution in [0.5, 0.6) is 0 Å². The van der Waals surface area contributed by atoms with Crippen molar-refractivity contribution in [1.29, 1.82) is 0 Å². The molecule has 1 atom stereocenters. The Morgan fingerprint density at radius 2 is 2.21 bits per heavy atom. The van der Waals surface area contributed by atoms with E-state index in [1.807, 2.05) is 4.68 Å². The molecule has 1 N–H and O–H groups in total. The molecular formula is C14H25N5. The Labute approximate surface area is 115 Å². The molecule has 1 aliphatic carbocycles. The molecule has 1 unspecified atom stereocenters. The van der Waals surface area contributed by atoms with Crippen molar-refractivity contribution >= 4 is 0 Å². The summed E-state index contributed by atoms with van der Waals surface area (Å²) in [5.74, 6) is 0.911. The van der Waals surface area contributed by atoms with Gasteiger partial charge in [0.1, 0.15) is 0 Å². The molecule has 1 saturated heterocycles. The SMILES string of the molecule is CCC1CCN(CCn2cc(CNC3CC3)nn2)C1. The Kier molecular flexibility index (Phi) is 4.13. The lowest BCUT2D eigenvalue weighted by Crippen LogP contribution is -2.25. The van der Waals surface area contributed by atoms with Crippen LogP contribution in [0.2, 0.25) is 0 Å². The lowest BCUT2D eigenvalue weighted by molar-refractivity contribution is 0.301. The summed E-state index contributed by atoms with van der Waals surface area (Å²) in [6.45, 7) is 7.75. The fourth-order valence-corrected chi connectivity index (χ4v) is 2.76. The molecular weight excluding hydrogens is 238 g/mol. The van der Waals surface area contributed by atoms with Crippen molar-refractivity contribution in [3.8, 4) is 0 Å². The third-order valence-corrected chi connectivity index (χ3v) is 4.33. The maximum absolute atomic E-state index is 4.22. The molecule has 2 aliphatic rings. The highest BCUT2D eigenvalue weighted by Crippen LogP contribution is 2.19. The van der Waals surface area contributed by atoms with E-state index in [1.165, 1.54) is 38.8 Å². The van der Waals surface area contributed by atoms with Gasteiger partial charge >= 0.3 is 0 Å². The summed E-state index contributed by atoms with van der Waals surface area (Å²) in [6.07, 6.45) is 7.41. The molecule has 1 aliphatic heterocycles. The number of rotatable bonds is 7. The van der Waals surface area contributed by atoms with Crippen molar-refractivity contribution in [2.24, 2.45) is 5.92 Å². The van der Waals surface area contributed by atoms with Gasteiger partial charge in [0.15, 0.2) is 0 Å². The summed E-state index contributed by atoms with van der Waals surface area (Å²) in [5, 5.41) is 11.9. The highest BCUT2D eigenvalue weighted by atomic mass is 15.4. The van der Waals surface area contributed by atoms with E-state index in [9.17, 15) is 0 Å². The summed E-state index contributed by atoms with van der Waals surface area (Å²) >= 11 is 0. The zero-order chi connectivity index (χ0) is 13.1. The molecule has 2 fully saturated rings. The number of hydrogen-bond acceptors (Lipinski definition) is 4. The second-order valence-corrected chi connectivity index (χ2v) is 5.99. The molecule has 3 rings (SSSR count). The van der Waals surface area contributed by atoms with Crippen molar-refractivity contribution in [3.63, 3.8) is 0 Å². The van der Waals surface area contributed by atoms with Gasteiger partial charge in [0.2, 0.25) is 0 Å². The first-order valence-electron chi connectivity index (χ1n) is 7.68. The molecule has 5 nitrogen and oxygen atoms in total. The molecule has 5 heteroatoms. The first kappa shape index (κ1) is 13.1. The summed E-state index contributed by atoms with van der Waals surface area (Å²) in [4.78, 5) is 2.55. The molecule has 1 aromatic heterocycles. The largest absolute Gasteiger partial charge is 0.308 e. The van der Waals surface area contributed by atoms with Crippen LogP contribution in [-0.4, -0.2) is 45.6 Å². The lowest BCUT2D eigenvalue weighted by atomic mass is 10.1. The van der Waals surface area contributed by atoms with Gasteiger partial charge in [0, 0.05) is 31.9 Å². The van der Waals surface area contributed by atoms with E-state index in [4.69, 9.17) is 0 Å². The van der Waals surface area contributed by atoms with E-state index in [0.29, 0.717) is 0 Å². The van der Waals surface area contributed by atoms with Gasteiger partial charge in [-0.1, -0.05) is 18.6 Å². The van der Waals surface area contributed by atoms with Gasteiger partial charge in [-0.25, -0.2) is 0 Å². The molecule has 0 spiro atoms. The third-order valence-electron chi connectivity index (χ3n) is 4.33. The molecule has 0 amide bonds. The average molecular weight is 263 g/mol. The third kappa shape index (κ3) is 3.76. The Morgan fingerprint density at radius 1 is 1.32 bits per heavy atom. The average Bonchev–Trinajstić information content (AvgIpc) is 2.97. The standard InChI is InChI=1S/C14H25N5/c1-2-12-5-6-18(10-12)7-8-19-11-14(16-17-19)9-15-13-3-4-13/h11-13,15H,2-10H2,1H3. The highest BCUT2D eigenvalue weighted by Gasteiger charge is 2.21. The zero-order valence-corrected chi connectivity index (χ0v) is 11.9. The Bertz CT molecular complexity index is 398. The lowest BCUT2D eigenvalue weighted by Gasteiger charge is -2.14. The Balaban J connectivity index is 1.39. The second-order valence-electron chi connectivity index (χ2n) is 5.99. The minimum Gasteiger partial charge on any atom is -0.308 e. The van der Waals surface area contributed by atoms with Crippen LogP contribution < -0.4 is 5.32 Å². The molecule has 1 aromatic rings. The molecule has 1 saturated carbocycles. The number of aromatic nitrogens is 3. The first-order chi connectivity index (χ1) is 9.33. The number of nitrogens with one attached hydrogen (secondary N) is 1. The van der Waals surface area contributed by atoms with Crippen LogP contribution in [0.4, 0.5) is 0 Å². The van der Waals surface area contributed by atoms with E-state index in [-0.39, 0.29) is 0 Å². The summed E-state index contributed by atoms with van der Waals surface area (Å²) in [5.41, 5.74) is 1.07. The maximum atomic E-state index is 4.22. The molecule has 0 radical (unpaired) electrons. The zero-order valence-electron chi connectivity index (χ0n) is 11.9. The van der Waals surface area contributed by atoms with Gasteiger partial charge in [-0.2, -0.15) is 0 Å². The van der Waals surface area contributed by atoms with E-state index in [1.54, 1.807) is 0 Å². The van der Waals surface area contributed by atoms with Gasteiger partial charge in [-0.3, -0.25) is 4.68 Å². The predicted molar refractivity (Wildman–Crippen MR) is 74.7 cm³/mol. The monoisotopic (exact) mass is 263 g/mol. The van der Waals surface area contributed by atoms with Crippen molar-refractivity contribution in [3.05, 3.63) is 11.9 Å². The van der Waals surface area contributed by atoms with Gasteiger partial charge in [-0.15, -0.1) is 5.10 Å². The van der Waals surface area contributed by atoms with Crippen LogP contribution in [0.15, 0.2) is 6.20 Å². The van der Waals surface area contributed by atoms with Crippen molar-refractivity contribution in [1.82, 2.24) is 25.2 Å². The molecule has 2 heterocycles. The van der Waals surface area contributed by atoms with Crippen LogP contribution in [0.1, 0.15) is 38.3 Å². The normalized spacial score (nSPS) is 24.2. The van der Waals surface area contributed by atoms with E-state index >= 15 is 0 Å². The predicted octanol–water partition coefficient (Wildman–Crippen LogP) is 1.26. The van der Waals surface area contributed by atoms with Crippen molar-refractivity contribution < 1.29 is 0 Å². The molecule has 0 aromatic carbocycles. The van der Waals surface area contributed by atoms with E-state index < -0.39 is 0 Å². The Hall–Kier alpha value is -0.940. The minimum absolute atomic E-state index is 0.737. The van der Waals surface area contributed by atoms with Crippen LogP contribution in [0.3, 0.4) is 0 Å². The van der Waals surface area contributed by atoms with Crippen LogP contribution in [0, 0.1) is 5.92 Å². The topological polar surface area (TPSA) is 46.0 Å².